The smallest absolute Gasteiger partial charge is 0.328 e. The number of likely N-dealkylation sites (N-methyl/N-ethyl adjacent to an activating group) is 1. The quantitative estimate of drug-likeness (QED) is 0.205. The predicted molar refractivity (Wildman–Crippen MR) is 153 cm³/mol. The normalized spacial score (nSPS) is 12.0. The van der Waals surface area contributed by atoms with E-state index in [0.29, 0.717) is 25.1 Å². The Kier molecular flexibility index (Phi) is 15.5. The van der Waals surface area contributed by atoms with Crippen molar-refractivity contribution in [2.75, 3.05) is 20.7 Å². The van der Waals surface area contributed by atoms with E-state index in [2.05, 4.69) is 30.4 Å². The minimum Gasteiger partial charge on any atom is -0.474 e. The lowest BCUT2D eigenvalue weighted by atomic mass is 9.97. The second kappa shape index (κ2) is 17.1. The zero-order valence-electron chi connectivity index (χ0n) is 24.5. The Morgan fingerprint density at radius 2 is 1.76 bits per heavy atom. The standard InChI is InChI=1S/C28H41N3O5.C2H6/c1-10-12-14-23(27(34)35-9)30-24(32)18-29-26(33)25(31(8)20(4)36-28(5,6)7)22-16-15-19(3)21(17-22)13-11-2;1-2/h10-11,15-17,23,25H,1-2,4,12-14,18H2,3,5-9H3,(H,29,33)(H,30,32);1-2H3. The molecule has 0 aromatic heterocycles. The van der Waals surface area contributed by atoms with Gasteiger partial charge in [0.25, 0.3) is 0 Å². The Labute approximate surface area is 229 Å². The summed E-state index contributed by atoms with van der Waals surface area (Å²) in [7, 11) is 2.97. The molecule has 2 N–H and O–H groups in total. The minimum atomic E-state index is -0.825. The van der Waals surface area contributed by atoms with E-state index < -0.39 is 35.5 Å². The lowest BCUT2D eigenvalue weighted by molar-refractivity contribution is -0.145. The van der Waals surface area contributed by atoms with Crippen molar-refractivity contribution in [2.24, 2.45) is 0 Å². The third kappa shape index (κ3) is 11.7. The Balaban J connectivity index is 0.00000667. The fourth-order valence-electron chi connectivity index (χ4n) is 3.54. The summed E-state index contributed by atoms with van der Waals surface area (Å²) < 4.78 is 10.7. The van der Waals surface area contributed by atoms with E-state index in [0.717, 1.165) is 16.7 Å². The number of ether oxygens (including phenoxy) is 2. The number of methoxy groups -OCH3 is 1. The third-order valence-corrected chi connectivity index (χ3v) is 5.41. The molecule has 8 nitrogen and oxygen atoms in total. The number of allylic oxidation sites excluding steroid dienone is 2. The number of amides is 2. The number of carbonyl (C=O) groups excluding carboxylic acids is 3. The topological polar surface area (TPSA) is 97.0 Å². The molecule has 2 unspecified atom stereocenters. The molecule has 0 saturated carbocycles. The maximum absolute atomic E-state index is 13.4. The van der Waals surface area contributed by atoms with Crippen LogP contribution in [-0.2, 0) is 30.3 Å². The molecule has 212 valence electrons. The molecule has 0 aliphatic heterocycles. The summed E-state index contributed by atoms with van der Waals surface area (Å²) in [6.07, 6.45) is 4.98. The summed E-state index contributed by atoms with van der Waals surface area (Å²) in [4.78, 5) is 39.6. The van der Waals surface area contributed by atoms with E-state index in [1.54, 1.807) is 24.1 Å². The number of hydrogen-bond acceptors (Lipinski definition) is 6. The molecule has 2 atom stereocenters. The zero-order chi connectivity index (χ0) is 29.5. The van der Waals surface area contributed by atoms with Crippen LogP contribution in [0.15, 0.2) is 56.0 Å². The van der Waals surface area contributed by atoms with Crippen molar-refractivity contribution >= 4 is 17.8 Å². The molecule has 0 saturated heterocycles. The lowest BCUT2D eigenvalue weighted by Gasteiger charge is -2.34. The molecule has 0 aliphatic carbocycles. The first-order chi connectivity index (χ1) is 17.8. The molecule has 0 spiro atoms. The van der Waals surface area contributed by atoms with Crippen molar-refractivity contribution in [3.8, 4) is 0 Å². The minimum absolute atomic E-state index is 0.313. The number of nitrogens with zero attached hydrogens (tertiary/aromatic N) is 1. The van der Waals surface area contributed by atoms with Crippen molar-refractivity contribution in [1.29, 1.82) is 0 Å². The van der Waals surface area contributed by atoms with Gasteiger partial charge in [-0.25, -0.2) is 4.79 Å². The van der Waals surface area contributed by atoms with E-state index in [4.69, 9.17) is 9.47 Å². The van der Waals surface area contributed by atoms with Gasteiger partial charge >= 0.3 is 5.97 Å². The second-order valence-corrected chi connectivity index (χ2v) is 9.53. The molecule has 0 bridgehead atoms. The number of carbonyl (C=O) groups is 3. The van der Waals surface area contributed by atoms with Gasteiger partial charge in [-0.3, -0.25) is 9.59 Å². The molecular weight excluding hydrogens is 482 g/mol. The number of esters is 1. The van der Waals surface area contributed by atoms with Crippen molar-refractivity contribution in [1.82, 2.24) is 15.5 Å². The van der Waals surface area contributed by atoms with E-state index >= 15 is 0 Å². The zero-order valence-corrected chi connectivity index (χ0v) is 24.5. The van der Waals surface area contributed by atoms with E-state index in [-0.39, 0.29) is 6.54 Å². The van der Waals surface area contributed by atoms with Crippen molar-refractivity contribution in [3.63, 3.8) is 0 Å². The van der Waals surface area contributed by atoms with Crippen molar-refractivity contribution in [3.05, 3.63) is 72.7 Å². The summed E-state index contributed by atoms with van der Waals surface area (Å²) in [5, 5.41) is 5.29. The van der Waals surface area contributed by atoms with Crippen molar-refractivity contribution < 1.29 is 23.9 Å². The molecule has 2 amide bonds. The monoisotopic (exact) mass is 529 g/mol. The number of rotatable bonds is 14. The average Bonchev–Trinajstić information content (AvgIpc) is 2.87. The van der Waals surface area contributed by atoms with Crippen LogP contribution in [0.4, 0.5) is 0 Å². The summed E-state index contributed by atoms with van der Waals surface area (Å²) in [6.45, 7) is 22.8. The van der Waals surface area contributed by atoms with Crippen LogP contribution in [0.5, 0.6) is 0 Å². The van der Waals surface area contributed by atoms with Gasteiger partial charge in [0.15, 0.2) is 5.88 Å². The van der Waals surface area contributed by atoms with Gasteiger partial charge in [0.05, 0.1) is 13.7 Å². The van der Waals surface area contributed by atoms with Gasteiger partial charge in [0, 0.05) is 7.05 Å². The van der Waals surface area contributed by atoms with Crippen LogP contribution in [0.2, 0.25) is 0 Å². The lowest BCUT2D eigenvalue weighted by Crippen LogP contribution is -2.47. The average molecular weight is 530 g/mol. The van der Waals surface area contributed by atoms with Crippen LogP contribution in [0, 0.1) is 6.92 Å². The molecule has 0 heterocycles. The highest BCUT2D eigenvalue weighted by molar-refractivity contribution is 5.90. The Morgan fingerprint density at radius 3 is 2.29 bits per heavy atom. The number of benzene rings is 1. The van der Waals surface area contributed by atoms with Gasteiger partial charge in [0.2, 0.25) is 11.8 Å². The molecule has 38 heavy (non-hydrogen) atoms. The Bertz CT molecular complexity index is 965. The van der Waals surface area contributed by atoms with E-state index in [1.807, 2.05) is 59.7 Å². The Morgan fingerprint density at radius 1 is 1.13 bits per heavy atom. The molecule has 1 aromatic rings. The van der Waals surface area contributed by atoms with Crippen LogP contribution < -0.4 is 10.6 Å². The molecule has 8 heteroatoms. The molecule has 1 aromatic carbocycles. The van der Waals surface area contributed by atoms with Crippen LogP contribution in [-0.4, -0.2) is 55.0 Å². The highest BCUT2D eigenvalue weighted by atomic mass is 16.5. The van der Waals surface area contributed by atoms with Gasteiger partial charge < -0.3 is 25.0 Å². The largest absolute Gasteiger partial charge is 0.474 e. The van der Waals surface area contributed by atoms with E-state index in [1.165, 1.54) is 7.11 Å². The van der Waals surface area contributed by atoms with Crippen LogP contribution in [0.25, 0.3) is 0 Å². The van der Waals surface area contributed by atoms with Gasteiger partial charge in [-0.15, -0.1) is 13.2 Å². The van der Waals surface area contributed by atoms with Gasteiger partial charge in [-0.1, -0.05) is 44.2 Å². The van der Waals surface area contributed by atoms with Crippen molar-refractivity contribution in [2.45, 2.75) is 78.5 Å². The number of hydrogen-bond donors (Lipinski definition) is 2. The summed E-state index contributed by atoms with van der Waals surface area (Å²) in [6, 6.07) is 4.13. The van der Waals surface area contributed by atoms with Gasteiger partial charge in [-0.05, 0) is 70.2 Å². The highest BCUT2D eigenvalue weighted by Crippen LogP contribution is 2.27. The molecule has 0 radical (unpaired) electrons. The van der Waals surface area contributed by atoms with E-state index in [9.17, 15) is 14.4 Å². The van der Waals surface area contributed by atoms with Crippen LogP contribution >= 0.6 is 0 Å². The fraction of sp³-hybridized carbons (Fsp3) is 0.500. The molecular formula is C30H47N3O5. The summed E-state index contributed by atoms with van der Waals surface area (Å²) >= 11 is 0. The van der Waals surface area contributed by atoms with Gasteiger partial charge in [-0.2, -0.15) is 0 Å². The first-order valence-corrected chi connectivity index (χ1v) is 12.9. The maximum atomic E-state index is 13.4. The summed E-state index contributed by atoms with van der Waals surface area (Å²) in [5.74, 6) is -1.17. The van der Waals surface area contributed by atoms with Crippen LogP contribution in [0.1, 0.15) is 70.2 Å². The van der Waals surface area contributed by atoms with Gasteiger partial charge in [0.1, 0.15) is 17.7 Å². The third-order valence-electron chi connectivity index (χ3n) is 5.41. The highest BCUT2D eigenvalue weighted by Gasteiger charge is 2.30. The first kappa shape index (κ1) is 34.5. The fourth-order valence-corrected chi connectivity index (χ4v) is 3.54. The number of nitrogens with one attached hydrogen (secondary N) is 2. The molecule has 0 aliphatic rings. The SMILES string of the molecule is C=CCCC(NC(=O)CNC(=O)C(c1ccc(C)c(CC=C)c1)N(C)C(=C)OC(C)(C)C)C(=O)OC.CC. The first-order valence-electron chi connectivity index (χ1n) is 12.9. The Hall–Kier alpha value is -3.55. The second-order valence-electron chi connectivity index (χ2n) is 9.53. The van der Waals surface area contributed by atoms with Crippen LogP contribution in [0.3, 0.4) is 0 Å². The molecule has 0 fully saturated rings. The predicted octanol–water partition coefficient (Wildman–Crippen LogP) is 4.75. The summed E-state index contributed by atoms with van der Waals surface area (Å²) in [5.41, 5.74) is 2.33. The number of aryl methyl sites for hydroxylation is 1. The molecule has 1 rings (SSSR count). The maximum Gasteiger partial charge on any atom is 0.328 e.